The number of thioether (sulfide) groups is 1. The first kappa shape index (κ1) is 14.8. The molecule has 0 amide bonds. The lowest BCUT2D eigenvalue weighted by molar-refractivity contribution is 0.854. The first-order valence-corrected chi connectivity index (χ1v) is 7.97. The van der Waals surface area contributed by atoms with Crippen LogP contribution < -0.4 is 4.90 Å². The first-order valence-electron chi connectivity index (χ1n) is 6.99. The zero-order valence-corrected chi connectivity index (χ0v) is 13.9. The van der Waals surface area contributed by atoms with Gasteiger partial charge in [0.25, 0.3) is 0 Å². The Morgan fingerprint density at radius 1 is 1.18 bits per heavy atom. The fourth-order valence-corrected chi connectivity index (χ4v) is 3.13. The summed E-state index contributed by atoms with van der Waals surface area (Å²) in [7, 11) is 3.97. The summed E-state index contributed by atoms with van der Waals surface area (Å²) in [5, 5.41) is 9.34. The van der Waals surface area contributed by atoms with Crippen LogP contribution in [0.1, 0.15) is 17.1 Å². The first-order chi connectivity index (χ1) is 10.5. The van der Waals surface area contributed by atoms with Gasteiger partial charge < -0.3 is 4.90 Å². The third-order valence-electron chi connectivity index (χ3n) is 3.29. The van der Waals surface area contributed by atoms with Gasteiger partial charge in [-0.2, -0.15) is 0 Å². The van der Waals surface area contributed by atoms with E-state index in [2.05, 4.69) is 26.2 Å². The van der Waals surface area contributed by atoms with E-state index in [1.807, 2.05) is 55.6 Å². The van der Waals surface area contributed by atoms with Crippen molar-refractivity contribution in [2.45, 2.75) is 24.8 Å². The molecule has 3 aromatic heterocycles. The highest BCUT2D eigenvalue weighted by Gasteiger charge is 2.10. The Morgan fingerprint density at radius 3 is 2.68 bits per heavy atom. The molecule has 3 aromatic rings. The Labute approximate surface area is 133 Å². The molecule has 0 bridgehead atoms. The predicted octanol–water partition coefficient (Wildman–Crippen LogP) is 2.49. The molecule has 0 saturated carbocycles. The Kier molecular flexibility index (Phi) is 3.98. The second-order valence-corrected chi connectivity index (χ2v) is 6.27. The number of fused-ring (bicyclic) bond motifs is 1. The third kappa shape index (κ3) is 2.89. The van der Waals surface area contributed by atoms with Gasteiger partial charge in [-0.1, -0.05) is 17.8 Å². The van der Waals surface area contributed by atoms with Gasteiger partial charge in [0.2, 0.25) is 0 Å². The number of nitrogens with zero attached hydrogens (tertiary/aromatic N) is 6. The van der Waals surface area contributed by atoms with Crippen LogP contribution in [0.25, 0.3) is 5.65 Å². The molecule has 0 unspecified atom stereocenters. The van der Waals surface area contributed by atoms with Crippen LogP contribution in [0.15, 0.2) is 29.6 Å². The van der Waals surface area contributed by atoms with Gasteiger partial charge in [0.05, 0.1) is 0 Å². The summed E-state index contributed by atoms with van der Waals surface area (Å²) in [5.41, 5.74) is 2.95. The van der Waals surface area contributed by atoms with Crippen LogP contribution in [0.2, 0.25) is 0 Å². The Hall–Kier alpha value is -2.15. The van der Waals surface area contributed by atoms with Crippen molar-refractivity contribution >= 4 is 23.2 Å². The smallest absolute Gasteiger partial charge is 0.197 e. The highest BCUT2D eigenvalue weighted by atomic mass is 32.2. The molecule has 0 N–H and O–H groups in total. The summed E-state index contributed by atoms with van der Waals surface area (Å²) in [4.78, 5) is 10.9. The Balaban J connectivity index is 1.79. The maximum Gasteiger partial charge on any atom is 0.197 e. The number of aromatic nitrogens is 5. The van der Waals surface area contributed by atoms with Crippen molar-refractivity contribution in [1.29, 1.82) is 0 Å². The largest absolute Gasteiger partial charge is 0.363 e. The van der Waals surface area contributed by atoms with E-state index in [1.165, 1.54) is 0 Å². The second kappa shape index (κ2) is 5.92. The van der Waals surface area contributed by atoms with Gasteiger partial charge in [0, 0.05) is 37.8 Å². The molecular weight excluding hydrogens is 296 g/mol. The highest BCUT2D eigenvalue weighted by Crippen LogP contribution is 2.23. The zero-order valence-electron chi connectivity index (χ0n) is 13.1. The van der Waals surface area contributed by atoms with Crippen molar-refractivity contribution in [2.75, 3.05) is 19.0 Å². The van der Waals surface area contributed by atoms with Crippen LogP contribution in [-0.4, -0.2) is 38.7 Å². The van der Waals surface area contributed by atoms with Gasteiger partial charge >= 0.3 is 0 Å². The van der Waals surface area contributed by atoms with Gasteiger partial charge in [-0.3, -0.25) is 4.40 Å². The van der Waals surface area contributed by atoms with E-state index in [4.69, 9.17) is 0 Å². The monoisotopic (exact) mass is 314 g/mol. The highest BCUT2D eigenvalue weighted by molar-refractivity contribution is 7.98. The lowest BCUT2D eigenvalue weighted by atomic mass is 10.3. The molecule has 7 heteroatoms. The van der Waals surface area contributed by atoms with Crippen LogP contribution >= 0.6 is 11.8 Å². The minimum Gasteiger partial charge on any atom is -0.363 e. The quantitative estimate of drug-likeness (QED) is 0.690. The average Bonchev–Trinajstić information content (AvgIpc) is 2.88. The molecule has 6 nitrogen and oxygen atoms in total. The average molecular weight is 314 g/mol. The molecular formula is C15H18N6S. The van der Waals surface area contributed by atoms with Gasteiger partial charge in [0.15, 0.2) is 10.8 Å². The fourth-order valence-electron chi connectivity index (χ4n) is 2.21. The normalized spacial score (nSPS) is 11.1. The van der Waals surface area contributed by atoms with E-state index >= 15 is 0 Å². The van der Waals surface area contributed by atoms with Gasteiger partial charge in [-0.25, -0.2) is 9.97 Å². The van der Waals surface area contributed by atoms with E-state index < -0.39 is 0 Å². The van der Waals surface area contributed by atoms with Crippen LogP contribution in [0.4, 0.5) is 5.82 Å². The van der Waals surface area contributed by atoms with Gasteiger partial charge in [0.1, 0.15) is 11.6 Å². The summed E-state index contributed by atoms with van der Waals surface area (Å²) in [6, 6.07) is 6.05. The SMILES string of the molecule is Cc1cc2nnc(SCc3ccc(N(C)C)nc3)n2c(C)n1. The Morgan fingerprint density at radius 2 is 2.00 bits per heavy atom. The molecule has 0 aliphatic carbocycles. The number of hydrogen-bond acceptors (Lipinski definition) is 6. The number of hydrogen-bond donors (Lipinski definition) is 0. The zero-order chi connectivity index (χ0) is 15.7. The number of pyridine rings is 1. The minimum absolute atomic E-state index is 0.800. The summed E-state index contributed by atoms with van der Waals surface area (Å²) in [6.45, 7) is 3.94. The molecule has 0 saturated heterocycles. The van der Waals surface area contributed by atoms with Gasteiger partial charge in [-0.05, 0) is 25.5 Å². The second-order valence-electron chi connectivity index (χ2n) is 5.33. The lowest BCUT2D eigenvalue weighted by Crippen LogP contribution is -2.10. The van der Waals surface area contributed by atoms with Crippen LogP contribution in [0.3, 0.4) is 0 Å². The molecule has 0 spiro atoms. The van der Waals surface area contributed by atoms with Crippen LogP contribution in [-0.2, 0) is 5.75 Å². The van der Waals surface area contributed by atoms with E-state index in [0.29, 0.717) is 0 Å². The fraction of sp³-hybridized carbons (Fsp3) is 0.333. The van der Waals surface area contributed by atoms with E-state index in [1.54, 1.807) is 11.8 Å². The molecule has 114 valence electrons. The van der Waals surface area contributed by atoms with Crippen molar-refractivity contribution in [3.63, 3.8) is 0 Å². The maximum atomic E-state index is 4.47. The molecule has 0 aliphatic rings. The summed E-state index contributed by atoms with van der Waals surface area (Å²) in [6.07, 6.45) is 1.90. The number of aryl methyl sites for hydroxylation is 2. The summed E-state index contributed by atoms with van der Waals surface area (Å²) in [5.74, 6) is 2.66. The molecule has 0 fully saturated rings. The standard InChI is InChI=1S/C15H18N6S/c1-10-7-14-18-19-15(21(14)11(2)17-10)22-9-12-5-6-13(16-8-12)20(3)4/h5-8H,9H2,1-4H3. The molecule has 22 heavy (non-hydrogen) atoms. The van der Waals surface area contributed by atoms with Gasteiger partial charge in [-0.15, -0.1) is 10.2 Å². The van der Waals surface area contributed by atoms with Crippen LogP contribution in [0, 0.1) is 13.8 Å². The van der Waals surface area contributed by atoms with Crippen molar-refractivity contribution < 1.29 is 0 Å². The predicted molar refractivity (Wildman–Crippen MR) is 88.4 cm³/mol. The molecule has 0 aromatic carbocycles. The molecule has 3 heterocycles. The maximum absolute atomic E-state index is 4.47. The van der Waals surface area contributed by atoms with Crippen molar-refractivity contribution in [1.82, 2.24) is 24.6 Å². The van der Waals surface area contributed by atoms with E-state index in [0.717, 1.165) is 39.5 Å². The molecule has 3 rings (SSSR count). The van der Waals surface area contributed by atoms with Crippen LogP contribution in [0.5, 0.6) is 0 Å². The lowest BCUT2D eigenvalue weighted by Gasteiger charge is -2.11. The molecule has 0 aliphatic heterocycles. The number of anilines is 1. The summed E-state index contributed by atoms with van der Waals surface area (Å²) < 4.78 is 1.99. The third-order valence-corrected chi connectivity index (χ3v) is 4.29. The molecule has 0 atom stereocenters. The van der Waals surface area contributed by atoms with Crippen molar-refractivity contribution in [3.8, 4) is 0 Å². The summed E-state index contributed by atoms with van der Waals surface area (Å²) >= 11 is 1.64. The van der Waals surface area contributed by atoms with Crippen molar-refractivity contribution in [2.24, 2.45) is 0 Å². The van der Waals surface area contributed by atoms with E-state index in [-0.39, 0.29) is 0 Å². The topological polar surface area (TPSA) is 59.2 Å². The number of rotatable bonds is 4. The van der Waals surface area contributed by atoms with Crippen molar-refractivity contribution in [3.05, 3.63) is 41.5 Å². The Bertz CT molecular complexity index is 794. The molecule has 0 radical (unpaired) electrons. The minimum atomic E-state index is 0.800. The van der Waals surface area contributed by atoms with E-state index in [9.17, 15) is 0 Å².